The van der Waals surface area contributed by atoms with Crippen molar-refractivity contribution in [1.29, 1.82) is 0 Å². The second-order valence-corrected chi connectivity index (χ2v) is 5.91. The van der Waals surface area contributed by atoms with Crippen molar-refractivity contribution in [2.75, 3.05) is 6.61 Å². The van der Waals surface area contributed by atoms with E-state index in [1.807, 2.05) is 30.3 Å². The van der Waals surface area contributed by atoms with Gasteiger partial charge in [0, 0.05) is 5.56 Å². The summed E-state index contributed by atoms with van der Waals surface area (Å²) in [6.45, 7) is 5.91. The molecule has 0 bridgehead atoms. The zero-order chi connectivity index (χ0) is 14.0. The third kappa shape index (κ3) is 2.64. The van der Waals surface area contributed by atoms with E-state index in [0.717, 1.165) is 24.5 Å². The summed E-state index contributed by atoms with van der Waals surface area (Å²) in [5.74, 6) is 1.90. The summed E-state index contributed by atoms with van der Waals surface area (Å²) in [5, 5.41) is 0. The Morgan fingerprint density at radius 3 is 2.70 bits per heavy atom. The Morgan fingerprint density at radius 2 is 1.90 bits per heavy atom. The largest absolute Gasteiger partial charge is 0.493 e. The van der Waals surface area contributed by atoms with E-state index in [1.54, 1.807) is 0 Å². The summed E-state index contributed by atoms with van der Waals surface area (Å²) in [7, 11) is 0. The second-order valence-electron chi connectivity index (χ2n) is 5.91. The van der Waals surface area contributed by atoms with E-state index in [4.69, 9.17) is 9.47 Å². The maximum absolute atomic E-state index is 5.90. The maximum Gasteiger partial charge on any atom is 0.123 e. The van der Waals surface area contributed by atoms with Crippen LogP contribution >= 0.6 is 0 Å². The lowest BCUT2D eigenvalue weighted by Gasteiger charge is -2.32. The molecular formula is C18H20O2. The van der Waals surface area contributed by atoms with Crippen molar-refractivity contribution in [3.63, 3.8) is 0 Å². The molecule has 0 spiro atoms. The van der Waals surface area contributed by atoms with E-state index in [0.29, 0.717) is 6.61 Å². The van der Waals surface area contributed by atoms with Gasteiger partial charge in [0.25, 0.3) is 0 Å². The molecule has 3 rings (SSSR count). The van der Waals surface area contributed by atoms with E-state index in [2.05, 4.69) is 32.0 Å². The highest BCUT2D eigenvalue weighted by Gasteiger charge is 2.28. The molecule has 0 amide bonds. The van der Waals surface area contributed by atoms with E-state index >= 15 is 0 Å². The third-order valence-electron chi connectivity index (χ3n) is 3.91. The van der Waals surface area contributed by atoms with Crippen LogP contribution in [0.15, 0.2) is 48.5 Å². The van der Waals surface area contributed by atoms with E-state index in [-0.39, 0.29) is 5.41 Å². The van der Waals surface area contributed by atoms with Gasteiger partial charge in [-0.05, 0) is 35.6 Å². The smallest absolute Gasteiger partial charge is 0.123 e. The van der Waals surface area contributed by atoms with E-state index in [1.165, 1.54) is 11.1 Å². The van der Waals surface area contributed by atoms with Crippen molar-refractivity contribution >= 4 is 0 Å². The van der Waals surface area contributed by atoms with Crippen LogP contribution in [0.2, 0.25) is 0 Å². The van der Waals surface area contributed by atoms with Crippen molar-refractivity contribution in [2.45, 2.75) is 32.3 Å². The fraction of sp³-hybridized carbons (Fsp3) is 0.333. The Hall–Kier alpha value is -1.96. The van der Waals surface area contributed by atoms with Crippen molar-refractivity contribution in [3.8, 4) is 11.5 Å². The molecule has 20 heavy (non-hydrogen) atoms. The molecule has 1 heterocycles. The van der Waals surface area contributed by atoms with Crippen LogP contribution in [0.3, 0.4) is 0 Å². The van der Waals surface area contributed by atoms with Crippen LogP contribution in [-0.2, 0) is 12.0 Å². The summed E-state index contributed by atoms with van der Waals surface area (Å²) in [4.78, 5) is 0. The molecule has 0 fully saturated rings. The van der Waals surface area contributed by atoms with Crippen molar-refractivity contribution in [3.05, 3.63) is 59.7 Å². The molecule has 2 aromatic rings. The predicted molar refractivity (Wildman–Crippen MR) is 80.4 cm³/mol. The van der Waals surface area contributed by atoms with Gasteiger partial charge in [0.2, 0.25) is 0 Å². The molecule has 0 radical (unpaired) electrons. The zero-order valence-electron chi connectivity index (χ0n) is 12.1. The second kappa shape index (κ2) is 5.20. The van der Waals surface area contributed by atoms with Crippen LogP contribution in [0.1, 0.15) is 31.4 Å². The van der Waals surface area contributed by atoms with Gasteiger partial charge in [0.1, 0.15) is 18.1 Å². The fourth-order valence-corrected chi connectivity index (χ4v) is 2.55. The van der Waals surface area contributed by atoms with Gasteiger partial charge in [-0.15, -0.1) is 0 Å². The quantitative estimate of drug-likeness (QED) is 0.825. The summed E-state index contributed by atoms with van der Waals surface area (Å²) < 4.78 is 11.6. The topological polar surface area (TPSA) is 18.5 Å². The molecule has 104 valence electrons. The highest BCUT2D eigenvalue weighted by molar-refractivity contribution is 5.45. The average molecular weight is 268 g/mol. The molecule has 0 N–H and O–H groups in total. The van der Waals surface area contributed by atoms with E-state index < -0.39 is 0 Å². The number of hydrogen-bond acceptors (Lipinski definition) is 2. The average Bonchev–Trinajstić information content (AvgIpc) is 2.46. The van der Waals surface area contributed by atoms with Crippen LogP contribution in [0, 0.1) is 0 Å². The SMILES string of the molecule is CC1(C)CCOc2ccc(OCc3ccccc3)cc21. The highest BCUT2D eigenvalue weighted by atomic mass is 16.5. The van der Waals surface area contributed by atoms with Gasteiger partial charge in [-0.3, -0.25) is 0 Å². The third-order valence-corrected chi connectivity index (χ3v) is 3.91. The number of ether oxygens (including phenoxy) is 2. The zero-order valence-corrected chi connectivity index (χ0v) is 12.1. The van der Waals surface area contributed by atoms with Crippen LogP contribution < -0.4 is 9.47 Å². The summed E-state index contributed by atoms with van der Waals surface area (Å²) in [6.07, 6.45) is 1.04. The number of hydrogen-bond donors (Lipinski definition) is 0. The first-order valence-corrected chi connectivity index (χ1v) is 7.09. The molecule has 0 aromatic heterocycles. The van der Waals surface area contributed by atoms with Crippen LogP contribution in [0.5, 0.6) is 11.5 Å². The fourth-order valence-electron chi connectivity index (χ4n) is 2.55. The van der Waals surface area contributed by atoms with Gasteiger partial charge in [0.15, 0.2) is 0 Å². The van der Waals surface area contributed by atoms with E-state index in [9.17, 15) is 0 Å². The minimum atomic E-state index is 0.152. The van der Waals surface area contributed by atoms with Gasteiger partial charge in [-0.25, -0.2) is 0 Å². The molecule has 0 aliphatic carbocycles. The lowest BCUT2D eigenvalue weighted by molar-refractivity contribution is 0.231. The van der Waals surface area contributed by atoms with Crippen molar-refractivity contribution in [1.82, 2.24) is 0 Å². The van der Waals surface area contributed by atoms with Gasteiger partial charge in [-0.2, -0.15) is 0 Å². The van der Waals surface area contributed by atoms with Crippen molar-refractivity contribution < 1.29 is 9.47 Å². The molecule has 2 nitrogen and oxygen atoms in total. The normalized spacial score (nSPS) is 16.1. The van der Waals surface area contributed by atoms with Gasteiger partial charge < -0.3 is 9.47 Å². The molecule has 2 aromatic carbocycles. The molecule has 0 saturated carbocycles. The molecule has 0 saturated heterocycles. The standard InChI is InChI=1S/C18H20O2/c1-18(2)10-11-19-17-9-8-15(12-16(17)18)20-13-14-6-4-3-5-7-14/h3-9,12H,10-11,13H2,1-2H3. The number of benzene rings is 2. The molecule has 0 unspecified atom stereocenters. The molecule has 2 heteroatoms. The van der Waals surface area contributed by atoms with Gasteiger partial charge in [0.05, 0.1) is 6.61 Å². The number of fused-ring (bicyclic) bond motifs is 1. The van der Waals surface area contributed by atoms with Gasteiger partial charge in [-0.1, -0.05) is 44.2 Å². The van der Waals surface area contributed by atoms with Crippen LogP contribution in [0.4, 0.5) is 0 Å². The lowest BCUT2D eigenvalue weighted by Crippen LogP contribution is -2.26. The minimum Gasteiger partial charge on any atom is -0.493 e. The van der Waals surface area contributed by atoms with Crippen molar-refractivity contribution in [2.24, 2.45) is 0 Å². The molecule has 0 atom stereocenters. The maximum atomic E-state index is 5.90. The molecular weight excluding hydrogens is 248 g/mol. The first kappa shape index (κ1) is 13.0. The van der Waals surface area contributed by atoms with Crippen LogP contribution in [-0.4, -0.2) is 6.61 Å². The Morgan fingerprint density at radius 1 is 1.10 bits per heavy atom. The minimum absolute atomic E-state index is 0.152. The van der Waals surface area contributed by atoms with Gasteiger partial charge >= 0.3 is 0 Å². The Kier molecular flexibility index (Phi) is 3.39. The molecule has 1 aliphatic rings. The first-order chi connectivity index (χ1) is 9.65. The summed E-state index contributed by atoms with van der Waals surface area (Å²) in [6, 6.07) is 16.4. The predicted octanol–water partition coefficient (Wildman–Crippen LogP) is 4.33. The Labute approximate surface area is 120 Å². The highest BCUT2D eigenvalue weighted by Crippen LogP contribution is 2.40. The lowest BCUT2D eigenvalue weighted by atomic mass is 9.80. The Balaban J connectivity index is 1.78. The van der Waals surface area contributed by atoms with Crippen LogP contribution in [0.25, 0.3) is 0 Å². The monoisotopic (exact) mass is 268 g/mol. The Bertz CT molecular complexity index is 588. The molecule has 1 aliphatic heterocycles. The first-order valence-electron chi connectivity index (χ1n) is 7.09. The summed E-state index contributed by atoms with van der Waals surface area (Å²) >= 11 is 0. The number of rotatable bonds is 3. The summed E-state index contributed by atoms with van der Waals surface area (Å²) in [5.41, 5.74) is 2.58.